The van der Waals surface area contributed by atoms with E-state index in [0.717, 1.165) is 38.5 Å². The van der Waals surface area contributed by atoms with Crippen molar-refractivity contribution in [3.05, 3.63) is 0 Å². The Kier molecular flexibility index (Phi) is 2.60. The van der Waals surface area contributed by atoms with Crippen LogP contribution in [0.15, 0.2) is 0 Å². The molecule has 0 aromatic carbocycles. The van der Waals surface area contributed by atoms with Crippen molar-refractivity contribution >= 4 is 11.6 Å². The number of hydrogen-bond acceptors (Lipinski definition) is 2. The average Bonchev–Trinajstić information content (AvgIpc) is 1.80. The van der Waals surface area contributed by atoms with E-state index < -0.39 is 0 Å². The van der Waals surface area contributed by atoms with Crippen LogP contribution in [0.5, 0.6) is 0 Å². The summed E-state index contributed by atoms with van der Waals surface area (Å²) in [5.41, 5.74) is 0. The van der Waals surface area contributed by atoms with Crippen LogP contribution in [0.1, 0.15) is 38.5 Å². The first-order chi connectivity index (χ1) is 4.79. The SMILES string of the molecule is O=C1CCC1.O=C1CCC1. The van der Waals surface area contributed by atoms with E-state index in [-0.39, 0.29) is 0 Å². The molecular formula is C8H12O2. The van der Waals surface area contributed by atoms with Crippen molar-refractivity contribution in [3.8, 4) is 0 Å². The topological polar surface area (TPSA) is 34.1 Å². The lowest BCUT2D eigenvalue weighted by molar-refractivity contribution is -0.124. The van der Waals surface area contributed by atoms with Crippen LogP contribution < -0.4 is 0 Å². The van der Waals surface area contributed by atoms with E-state index in [9.17, 15) is 9.59 Å². The van der Waals surface area contributed by atoms with Gasteiger partial charge in [0.2, 0.25) is 0 Å². The fraction of sp³-hybridized carbons (Fsp3) is 0.750. The van der Waals surface area contributed by atoms with Crippen LogP contribution in [0, 0.1) is 0 Å². The minimum atomic E-state index is 0.435. The van der Waals surface area contributed by atoms with E-state index in [4.69, 9.17) is 0 Å². The largest absolute Gasteiger partial charge is 0.300 e. The summed E-state index contributed by atoms with van der Waals surface area (Å²) in [4.78, 5) is 19.8. The van der Waals surface area contributed by atoms with Crippen molar-refractivity contribution in [2.24, 2.45) is 0 Å². The fourth-order valence-electron chi connectivity index (χ4n) is 0.642. The van der Waals surface area contributed by atoms with E-state index in [0.29, 0.717) is 11.6 Å². The quantitative estimate of drug-likeness (QED) is 0.510. The molecule has 0 heterocycles. The van der Waals surface area contributed by atoms with Crippen LogP contribution >= 0.6 is 0 Å². The summed E-state index contributed by atoms with van der Waals surface area (Å²) >= 11 is 0. The Labute approximate surface area is 60.6 Å². The van der Waals surface area contributed by atoms with E-state index in [2.05, 4.69) is 0 Å². The van der Waals surface area contributed by atoms with E-state index in [1.807, 2.05) is 0 Å². The van der Waals surface area contributed by atoms with Gasteiger partial charge in [-0.3, -0.25) is 9.59 Å². The maximum atomic E-state index is 9.90. The summed E-state index contributed by atoms with van der Waals surface area (Å²) in [6.07, 6.45) is 5.66. The summed E-state index contributed by atoms with van der Waals surface area (Å²) in [6.45, 7) is 0. The molecule has 0 N–H and O–H groups in total. The molecule has 10 heavy (non-hydrogen) atoms. The molecule has 0 aromatic heterocycles. The molecule has 0 saturated heterocycles. The van der Waals surface area contributed by atoms with Gasteiger partial charge >= 0.3 is 0 Å². The number of rotatable bonds is 0. The number of carbonyl (C=O) groups excluding carboxylic acids is 2. The highest BCUT2D eigenvalue weighted by molar-refractivity contribution is 5.83. The van der Waals surface area contributed by atoms with Crippen LogP contribution in [-0.4, -0.2) is 11.6 Å². The zero-order chi connectivity index (χ0) is 7.40. The molecule has 2 fully saturated rings. The number of hydrogen-bond donors (Lipinski definition) is 0. The van der Waals surface area contributed by atoms with Crippen LogP contribution in [0.4, 0.5) is 0 Å². The lowest BCUT2D eigenvalue weighted by Gasteiger charge is -2.05. The van der Waals surface area contributed by atoms with Gasteiger partial charge < -0.3 is 0 Å². The van der Waals surface area contributed by atoms with Gasteiger partial charge in [-0.05, 0) is 12.8 Å². The number of ketones is 2. The third-order valence-electron chi connectivity index (χ3n) is 1.82. The van der Waals surface area contributed by atoms with Gasteiger partial charge in [0.05, 0.1) is 0 Å². The Morgan fingerprint density at radius 1 is 0.700 bits per heavy atom. The van der Waals surface area contributed by atoms with Crippen molar-refractivity contribution in [2.45, 2.75) is 38.5 Å². The highest BCUT2D eigenvalue weighted by atomic mass is 16.1. The van der Waals surface area contributed by atoms with Crippen molar-refractivity contribution in [2.75, 3.05) is 0 Å². The average molecular weight is 140 g/mol. The second kappa shape index (κ2) is 3.49. The summed E-state index contributed by atoms with van der Waals surface area (Å²) in [5.74, 6) is 0.870. The molecule has 0 radical (unpaired) electrons. The molecule has 2 heteroatoms. The Morgan fingerprint density at radius 3 is 0.900 bits per heavy atom. The summed E-state index contributed by atoms with van der Waals surface area (Å²) in [5, 5.41) is 0. The van der Waals surface area contributed by atoms with E-state index in [1.54, 1.807) is 0 Å². The van der Waals surface area contributed by atoms with Crippen LogP contribution in [-0.2, 0) is 9.59 Å². The molecular weight excluding hydrogens is 128 g/mol. The number of carbonyl (C=O) groups is 2. The maximum absolute atomic E-state index is 9.90. The molecule has 0 spiro atoms. The van der Waals surface area contributed by atoms with Gasteiger partial charge in [-0.15, -0.1) is 0 Å². The van der Waals surface area contributed by atoms with Crippen LogP contribution in [0.2, 0.25) is 0 Å². The molecule has 2 aliphatic rings. The minimum absolute atomic E-state index is 0.435. The van der Waals surface area contributed by atoms with Gasteiger partial charge in [-0.2, -0.15) is 0 Å². The third-order valence-corrected chi connectivity index (χ3v) is 1.82. The Balaban J connectivity index is 0.0000001000. The normalized spacial score (nSPS) is 22.0. The number of Topliss-reactive ketones (excluding diaryl/α,β-unsaturated/α-hetero) is 2. The van der Waals surface area contributed by atoms with Gasteiger partial charge in [0.25, 0.3) is 0 Å². The minimum Gasteiger partial charge on any atom is -0.300 e. The molecule has 0 aromatic rings. The maximum Gasteiger partial charge on any atom is 0.132 e. The predicted molar refractivity (Wildman–Crippen MR) is 37.7 cm³/mol. The first kappa shape index (κ1) is 7.45. The molecule has 0 atom stereocenters. The Hall–Kier alpha value is -0.660. The zero-order valence-electron chi connectivity index (χ0n) is 6.06. The summed E-state index contributed by atoms with van der Waals surface area (Å²) in [7, 11) is 0. The standard InChI is InChI=1S/2C4H6O/c2*5-4-2-1-3-4/h2*1-3H2. The fourth-order valence-corrected chi connectivity index (χ4v) is 0.642. The molecule has 0 amide bonds. The molecule has 2 aliphatic carbocycles. The zero-order valence-corrected chi connectivity index (χ0v) is 6.06. The smallest absolute Gasteiger partial charge is 0.132 e. The van der Waals surface area contributed by atoms with Gasteiger partial charge in [0.1, 0.15) is 11.6 Å². The summed E-state index contributed by atoms with van der Waals surface area (Å²) in [6, 6.07) is 0. The molecule has 0 aliphatic heterocycles. The van der Waals surface area contributed by atoms with Crippen LogP contribution in [0.3, 0.4) is 0 Å². The van der Waals surface area contributed by atoms with Crippen molar-refractivity contribution in [3.63, 3.8) is 0 Å². The van der Waals surface area contributed by atoms with Crippen molar-refractivity contribution in [1.82, 2.24) is 0 Å². The second-order valence-electron chi connectivity index (χ2n) is 2.78. The second-order valence-corrected chi connectivity index (χ2v) is 2.78. The monoisotopic (exact) mass is 140 g/mol. The Bertz CT molecular complexity index is 119. The van der Waals surface area contributed by atoms with Gasteiger partial charge in [0, 0.05) is 25.7 Å². The Morgan fingerprint density at radius 2 is 0.900 bits per heavy atom. The van der Waals surface area contributed by atoms with Gasteiger partial charge in [-0.25, -0.2) is 0 Å². The van der Waals surface area contributed by atoms with E-state index in [1.165, 1.54) is 0 Å². The molecule has 2 saturated carbocycles. The predicted octanol–water partition coefficient (Wildman–Crippen LogP) is 1.48. The van der Waals surface area contributed by atoms with Gasteiger partial charge in [-0.1, -0.05) is 0 Å². The summed E-state index contributed by atoms with van der Waals surface area (Å²) < 4.78 is 0. The molecule has 0 unspecified atom stereocenters. The molecule has 56 valence electrons. The lowest BCUT2D eigenvalue weighted by Crippen LogP contribution is -2.07. The molecule has 2 nitrogen and oxygen atoms in total. The molecule has 2 rings (SSSR count). The van der Waals surface area contributed by atoms with Gasteiger partial charge in [0.15, 0.2) is 0 Å². The van der Waals surface area contributed by atoms with Crippen molar-refractivity contribution in [1.29, 1.82) is 0 Å². The van der Waals surface area contributed by atoms with Crippen LogP contribution in [0.25, 0.3) is 0 Å². The molecule has 0 bridgehead atoms. The first-order valence-corrected chi connectivity index (χ1v) is 3.82. The third kappa shape index (κ3) is 2.29. The van der Waals surface area contributed by atoms with E-state index >= 15 is 0 Å². The lowest BCUT2D eigenvalue weighted by atomic mass is 9.99. The first-order valence-electron chi connectivity index (χ1n) is 3.82. The van der Waals surface area contributed by atoms with Crippen molar-refractivity contribution < 1.29 is 9.59 Å². The highest BCUT2D eigenvalue weighted by Gasteiger charge is 2.10. The highest BCUT2D eigenvalue weighted by Crippen LogP contribution is 2.10.